The number of benzene rings is 2. The van der Waals surface area contributed by atoms with Crippen LogP contribution in [0.5, 0.6) is 0 Å². The predicted octanol–water partition coefficient (Wildman–Crippen LogP) is 5.20. The van der Waals surface area contributed by atoms with E-state index >= 15 is 0 Å². The SMILES string of the molecule is CSc1nc(-c2ccc(-c3ccccc3)cc2)cs1. The molecule has 3 rings (SSSR count). The minimum absolute atomic E-state index is 1.06. The molecular weight excluding hydrogens is 270 g/mol. The second-order valence-corrected chi connectivity index (χ2v) is 6.06. The van der Waals surface area contributed by atoms with Gasteiger partial charge >= 0.3 is 0 Å². The van der Waals surface area contributed by atoms with Gasteiger partial charge in [-0.3, -0.25) is 0 Å². The molecule has 0 radical (unpaired) electrons. The molecular formula is C16H13NS2. The van der Waals surface area contributed by atoms with Crippen LogP contribution in [0.2, 0.25) is 0 Å². The van der Waals surface area contributed by atoms with Crippen molar-refractivity contribution in [3.63, 3.8) is 0 Å². The highest BCUT2D eigenvalue weighted by atomic mass is 32.2. The summed E-state index contributed by atoms with van der Waals surface area (Å²) in [4.78, 5) is 4.58. The van der Waals surface area contributed by atoms with Gasteiger partial charge < -0.3 is 0 Å². The first kappa shape index (κ1) is 12.5. The number of rotatable bonds is 3. The molecule has 0 spiro atoms. The Morgan fingerprint density at radius 2 is 1.47 bits per heavy atom. The fourth-order valence-corrected chi connectivity index (χ4v) is 3.22. The quantitative estimate of drug-likeness (QED) is 0.613. The molecule has 0 fully saturated rings. The molecule has 0 aliphatic carbocycles. The zero-order valence-corrected chi connectivity index (χ0v) is 12.2. The molecule has 0 aliphatic heterocycles. The van der Waals surface area contributed by atoms with Crippen molar-refractivity contribution in [2.75, 3.05) is 6.26 Å². The Morgan fingerprint density at radius 3 is 2.11 bits per heavy atom. The smallest absolute Gasteiger partial charge is 0.150 e. The summed E-state index contributed by atoms with van der Waals surface area (Å²) in [5, 5.41) is 2.11. The maximum atomic E-state index is 4.58. The van der Waals surface area contributed by atoms with Crippen LogP contribution in [0.4, 0.5) is 0 Å². The molecule has 0 saturated heterocycles. The second kappa shape index (κ2) is 5.59. The molecule has 3 heteroatoms. The predicted molar refractivity (Wildman–Crippen MR) is 84.8 cm³/mol. The van der Waals surface area contributed by atoms with E-state index in [2.05, 4.69) is 65.2 Å². The van der Waals surface area contributed by atoms with Crippen molar-refractivity contribution in [1.29, 1.82) is 0 Å². The summed E-state index contributed by atoms with van der Waals surface area (Å²) < 4.78 is 1.11. The Hall–Kier alpha value is -1.58. The van der Waals surface area contributed by atoms with Gasteiger partial charge in [-0.05, 0) is 17.4 Å². The Bertz CT molecular complexity index is 657. The topological polar surface area (TPSA) is 12.9 Å². The summed E-state index contributed by atoms with van der Waals surface area (Å²) in [6, 6.07) is 19.0. The van der Waals surface area contributed by atoms with E-state index in [9.17, 15) is 0 Å². The van der Waals surface area contributed by atoms with Gasteiger partial charge in [0.05, 0.1) is 5.69 Å². The average Bonchev–Trinajstić information content (AvgIpc) is 2.97. The maximum absolute atomic E-state index is 4.58. The monoisotopic (exact) mass is 283 g/mol. The summed E-state index contributed by atoms with van der Waals surface area (Å²) in [6.07, 6.45) is 2.06. The number of hydrogen-bond acceptors (Lipinski definition) is 3. The van der Waals surface area contributed by atoms with E-state index in [1.54, 1.807) is 23.1 Å². The van der Waals surface area contributed by atoms with Crippen LogP contribution in [-0.2, 0) is 0 Å². The number of hydrogen-bond donors (Lipinski definition) is 0. The van der Waals surface area contributed by atoms with E-state index in [4.69, 9.17) is 0 Å². The molecule has 0 unspecified atom stereocenters. The molecule has 0 aliphatic rings. The standard InChI is InChI=1S/C16H13NS2/c1-18-16-17-15(11-19-16)14-9-7-13(8-10-14)12-5-3-2-4-6-12/h2-11H,1H3. The van der Waals surface area contributed by atoms with Crippen molar-refractivity contribution in [3.05, 3.63) is 60.0 Å². The zero-order chi connectivity index (χ0) is 13.1. The molecule has 0 bridgehead atoms. The third-order valence-corrected chi connectivity index (χ3v) is 4.81. The van der Waals surface area contributed by atoms with E-state index in [0.717, 1.165) is 10.0 Å². The van der Waals surface area contributed by atoms with Crippen molar-refractivity contribution in [2.45, 2.75) is 4.34 Å². The maximum Gasteiger partial charge on any atom is 0.150 e. The molecule has 0 saturated carbocycles. The van der Waals surface area contributed by atoms with Gasteiger partial charge in [-0.15, -0.1) is 11.3 Å². The van der Waals surface area contributed by atoms with Gasteiger partial charge in [0.25, 0.3) is 0 Å². The first-order valence-electron chi connectivity index (χ1n) is 6.02. The molecule has 19 heavy (non-hydrogen) atoms. The van der Waals surface area contributed by atoms with Crippen molar-refractivity contribution >= 4 is 23.1 Å². The Kier molecular flexibility index (Phi) is 3.67. The van der Waals surface area contributed by atoms with E-state index in [1.165, 1.54) is 16.7 Å². The first-order chi connectivity index (χ1) is 9.36. The van der Waals surface area contributed by atoms with Gasteiger partial charge in [0.15, 0.2) is 0 Å². The molecule has 2 aromatic carbocycles. The fraction of sp³-hybridized carbons (Fsp3) is 0.0625. The van der Waals surface area contributed by atoms with Crippen LogP contribution in [0, 0.1) is 0 Å². The highest BCUT2D eigenvalue weighted by Crippen LogP contribution is 2.28. The van der Waals surface area contributed by atoms with Crippen molar-refractivity contribution in [3.8, 4) is 22.4 Å². The molecule has 94 valence electrons. The molecule has 1 aromatic heterocycles. The molecule has 0 atom stereocenters. The van der Waals surface area contributed by atoms with Crippen LogP contribution < -0.4 is 0 Å². The fourth-order valence-electron chi connectivity index (χ4n) is 1.95. The summed E-state index contributed by atoms with van der Waals surface area (Å²) in [6.45, 7) is 0. The molecule has 3 aromatic rings. The minimum atomic E-state index is 1.06. The lowest BCUT2D eigenvalue weighted by atomic mass is 10.0. The summed E-state index contributed by atoms with van der Waals surface area (Å²) >= 11 is 3.39. The zero-order valence-electron chi connectivity index (χ0n) is 10.5. The van der Waals surface area contributed by atoms with E-state index in [0.29, 0.717) is 0 Å². The molecule has 0 N–H and O–H groups in total. The van der Waals surface area contributed by atoms with Crippen molar-refractivity contribution in [1.82, 2.24) is 4.98 Å². The molecule has 0 amide bonds. The first-order valence-corrected chi connectivity index (χ1v) is 8.12. The van der Waals surface area contributed by atoms with Crippen molar-refractivity contribution in [2.24, 2.45) is 0 Å². The summed E-state index contributed by atoms with van der Waals surface area (Å²) in [5.41, 5.74) is 4.73. The van der Waals surface area contributed by atoms with Crippen LogP contribution in [0.1, 0.15) is 0 Å². The summed E-state index contributed by atoms with van der Waals surface area (Å²) in [7, 11) is 0. The van der Waals surface area contributed by atoms with Crippen LogP contribution >= 0.6 is 23.1 Å². The van der Waals surface area contributed by atoms with Crippen molar-refractivity contribution < 1.29 is 0 Å². The normalized spacial score (nSPS) is 10.6. The summed E-state index contributed by atoms with van der Waals surface area (Å²) in [5.74, 6) is 0. The van der Waals surface area contributed by atoms with Gasteiger partial charge in [-0.25, -0.2) is 4.98 Å². The van der Waals surface area contributed by atoms with E-state index in [-0.39, 0.29) is 0 Å². The number of aromatic nitrogens is 1. The highest BCUT2D eigenvalue weighted by Gasteiger charge is 2.04. The Morgan fingerprint density at radius 1 is 0.842 bits per heavy atom. The largest absolute Gasteiger partial charge is 0.230 e. The number of nitrogens with zero attached hydrogens (tertiary/aromatic N) is 1. The molecule has 1 nitrogen and oxygen atoms in total. The van der Waals surface area contributed by atoms with Crippen LogP contribution in [0.25, 0.3) is 22.4 Å². The number of thioether (sulfide) groups is 1. The van der Waals surface area contributed by atoms with E-state index < -0.39 is 0 Å². The highest BCUT2D eigenvalue weighted by molar-refractivity contribution is 8.00. The number of thiazole rings is 1. The van der Waals surface area contributed by atoms with Crippen LogP contribution in [0.15, 0.2) is 64.3 Å². The second-order valence-electron chi connectivity index (χ2n) is 4.15. The third kappa shape index (κ3) is 2.72. The van der Waals surface area contributed by atoms with E-state index in [1.807, 2.05) is 6.07 Å². The minimum Gasteiger partial charge on any atom is -0.230 e. The van der Waals surface area contributed by atoms with Crippen LogP contribution in [0.3, 0.4) is 0 Å². The lowest BCUT2D eigenvalue weighted by Gasteiger charge is -2.02. The van der Waals surface area contributed by atoms with Gasteiger partial charge in [0.1, 0.15) is 4.34 Å². The van der Waals surface area contributed by atoms with Gasteiger partial charge in [-0.2, -0.15) is 0 Å². The Balaban J connectivity index is 1.90. The van der Waals surface area contributed by atoms with Gasteiger partial charge in [-0.1, -0.05) is 66.4 Å². The van der Waals surface area contributed by atoms with Gasteiger partial charge in [0.2, 0.25) is 0 Å². The average molecular weight is 283 g/mol. The molecule has 1 heterocycles. The lowest BCUT2D eigenvalue weighted by Crippen LogP contribution is -1.80. The lowest BCUT2D eigenvalue weighted by molar-refractivity contribution is 1.26. The Labute approximate surface area is 121 Å². The third-order valence-electron chi connectivity index (χ3n) is 2.95. The van der Waals surface area contributed by atoms with Gasteiger partial charge in [0, 0.05) is 10.9 Å². The van der Waals surface area contributed by atoms with Crippen LogP contribution in [-0.4, -0.2) is 11.2 Å².